The topological polar surface area (TPSA) is 29.4 Å². The molecule has 0 aliphatic rings. The number of unbranched alkanes of at least 4 members (excludes halogenated alkanes) is 3. The summed E-state index contributed by atoms with van der Waals surface area (Å²) in [5.41, 5.74) is 0.715. The number of rotatable bonds is 5. The summed E-state index contributed by atoms with van der Waals surface area (Å²) in [6.45, 7) is 5.79. The van der Waals surface area contributed by atoms with E-state index in [0.29, 0.717) is 5.57 Å². The molecule has 0 aromatic carbocycles. The smallest absolute Gasteiger partial charge is 0.267 e. The molecule has 0 N–H and O–H groups in total. The molecule has 0 aliphatic carbocycles. The van der Waals surface area contributed by atoms with Crippen molar-refractivity contribution < 1.29 is 4.79 Å². The van der Waals surface area contributed by atoms with Gasteiger partial charge in [-0.2, -0.15) is 0 Å². The van der Waals surface area contributed by atoms with Crippen LogP contribution in [0.15, 0.2) is 16.6 Å². The highest BCUT2D eigenvalue weighted by molar-refractivity contribution is 5.97. The van der Waals surface area contributed by atoms with Crippen LogP contribution in [-0.4, -0.2) is 12.1 Å². The van der Waals surface area contributed by atoms with Gasteiger partial charge >= 0.3 is 0 Å². The van der Waals surface area contributed by atoms with Crippen molar-refractivity contribution in [3.8, 4) is 0 Å². The van der Waals surface area contributed by atoms with E-state index in [0.717, 1.165) is 12.8 Å². The second-order valence-electron chi connectivity index (χ2n) is 3.08. The zero-order valence-corrected chi connectivity index (χ0v) is 8.84. The molecule has 2 nitrogen and oxygen atoms in total. The lowest BCUT2D eigenvalue weighted by atomic mass is 10.2. The molecule has 0 spiro atoms. The van der Waals surface area contributed by atoms with Crippen molar-refractivity contribution >= 4 is 12.1 Å². The number of carbonyl (C=O) groups is 1. The summed E-state index contributed by atoms with van der Waals surface area (Å²) >= 11 is 0. The van der Waals surface area contributed by atoms with Crippen molar-refractivity contribution in [1.82, 2.24) is 0 Å². The summed E-state index contributed by atoms with van der Waals surface area (Å²) in [5.74, 6) is -0.112. The van der Waals surface area contributed by atoms with Gasteiger partial charge in [-0.3, -0.25) is 4.79 Å². The number of aliphatic imine (C=N–C) groups is 1. The highest BCUT2D eigenvalue weighted by Crippen LogP contribution is 1.98. The van der Waals surface area contributed by atoms with Crippen molar-refractivity contribution in [3.63, 3.8) is 0 Å². The molecule has 13 heavy (non-hydrogen) atoms. The van der Waals surface area contributed by atoms with Crippen LogP contribution in [0.5, 0.6) is 0 Å². The molecule has 0 radical (unpaired) electrons. The molecule has 0 rings (SSSR count). The molecular formula is C11H19NO. The van der Waals surface area contributed by atoms with Crippen LogP contribution in [0.2, 0.25) is 0 Å². The van der Waals surface area contributed by atoms with Gasteiger partial charge in [0.15, 0.2) is 0 Å². The molecular weight excluding hydrogens is 162 g/mol. The van der Waals surface area contributed by atoms with Gasteiger partial charge in [0.2, 0.25) is 0 Å². The van der Waals surface area contributed by atoms with E-state index in [-0.39, 0.29) is 5.91 Å². The minimum Gasteiger partial charge on any atom is -0.267 e. The molecule has 0 unspecified atom stereocenters. The molecule has 0 saturated carbocycles. The summed E-state index contributed by atoms with van der Waals surface area (Å²) in [4.78, 5) is 15.0. The summed E-state index contributed by atoms with van der Waals surface area (Å²) in [7, 11) is 0. The minimum atomic E-state index is -0.112. The summed E-state index contributed by atoms with van der Waals surface area (Å²) in [6, 6.07) is 0. The zero-order valence-electron chi connectivity index (χ0n) is 8.84. The van der Waals surface area contributed by atoms with Gasteiger partial charge in [0.25, 0.3) is 5.91 Å². The fourth-order valence-corrected chi connectivity index (χ4v) is 0.858. The van der Waals surface area contributed by atoms with E-state index in [1.807, 2.05) is 6.92 Å². The second-order valence-corrected chi connectivity index (χ2v) is 3.08. The maximum Gasteiger partial charge on any atom is 0.271 e. The van der Waals surface area contributed by atoms with Crippen LogP contribution in [0.4, 0.5) is 0 Å². The van der Waals surface area contributed by atoms with Gasteiger partial charge in [0.1, 0.15) is 0 Å². The third kappa shape index (κ3) is 6.26. The minimum absolute atomic E-state index is 0.112. The maximum atomic E-state index is 11.1. The Morgan fingerprint density at radius 1 is 1.38 bits per heavy atom. The van der Waals surface area contributed by atoms with E-state index >= 15 is 0 Å². The first-order chi connectivity index (χ1) is 6.22. The second kappa shape index (κ2) is 7.71. The average Bonchev–Trinajstić information content (AvgIpc) is 2.16. The Labute approximate surface area is 80.8 Å². The number of amides is 1. The molecule has 0 bridgehead atoms. The normalized spacial score (nSPS) is 12.4. The lowest BCUT2D eigenvalue weighted by molar-refractivity contribution is -0.114. The van der Waals surface area contributed by atoms with Crippen molar-refractivity contribution in [2.24, 2.45) is 4.99 Å². The molecule has 0 saturated heterocycles. The first-order valence-corrected chi connectivity index (χ1v) is 4.92. The highest BCUT2D eigenvalue weighted by Gasteiger charge is 1.97. The van der Waals surface area contributed by atoms with Crippen molar-refractivity contribution in [2.45, 2.75) is 46.5 Å². The molecule has 2 heteroatoms. The Morgan fingerprint density at radius 2 is 2.08 bits per heavy atom. The Morgan fingerprint density at radius 3 is 2.62 bits per heavy atom. The predicted octanol–water partition coefficient (Wildman–Crippen LogP) is 3.13. The van der Waals surface area contributed by atoms with Crippen molar-refractivity contribution in [2.75, 3.05) is 0 Å². The van der Waals surface area contributed by atoms with Crippen LogP contribution >= 0.6 is 0 Å². The van der Waals surface area contributed by atoms with Gasteiger partial charge < -0.3 is 0 Å². The SMILES string of the molecule is C/C=C(\C)C(=O)N=CCCCCC. The Hall–Kier alpha value is -0.920. The Kier molecular flexibility index (Phi) is 7.17. The van der Waals surface area contributed by atoms with Crippen LogP contribution in [0.25, 0.3) is 0 Å². The number of allylic oxidation sites excluding steroid dienone is 1. The van der Waals surface area contributed by atoms with Crippen LogP contribution in [0.3, 0.4) is 0 Å². The number of nitrogens with zero attached hydrogens (tertiary/aromatic N) is 1. The Bertz CT molecular complexity index is 204. The number of carbonyl (C=O) groups excluding carboxylic acids is 1. The third-order valence-corrected chi connectivity index (χ3v) is 1.92. The van der Waals surface area contributed by atoms with Crippen molar-refractivity contribution in [1.29, 1.82) is 0 Å². The van der Waals surface area contributed by atoms with E-state index in [4.69, 9.17) is 0 Å². The van der Waals surface area contributed by atoms with Crippen LogP contribution < -0.4 is 0 Å². The molecule has 0 atom stereocenters. The summed E-state index contributed by atoms with van der Waals surface area (Å²) in [6.07, 6.45) is 7.97. The molecule has 74 valence electrons. The van der Waals surface area contributed by atoms with Gasteiger partial charge in [-0.25, -0.2) is 4.99 Å². The lowest BCUT2D eigenvalue weighted by Gasteiger charge is -1.92. The standard InChI is InChI=1S/C11H19NO/c1-4-6-7-8-9-12-11(13)10(3)5-2/h5,9H,4,6-8H2,1-3H3/b10-5+,12-9?. The molecule has 0 fully saturated rings. The van der Waals surface area contributed by atoms with Crippen LogP contribution in [0.1, 0.15) is 46.5 Å². The first kappa shape index (κ1) is 12.1. The summed E-state index contributed by atoms with van der Waals surface area (Å²) < 4.78 is 0. The lowest BCUT2D eigenvalue weighted by Crippen LogP contribution is -1.94. The fraction of sp³-hybridized carbons (Fsp3) is 0.636. The predicted molar refractivity (Wildman–Crippen MR) is 57.1 cm³/mol. The van der Waals surface area contributed by atoms with Crippen molar-refractivity contribution in [3.05, 3.63) is 11.6 Å². The quantitative estimate of drug-likeness (QED) is 0.364. The van der Waals surface area contributed by atoms with Crippen LogP contribution in [0, 0.1) is 0 Å². The number of hydrogen-bond donors (Lipinski definition) is 0. The maximum absolute atomic E-state index is 11.1. The van der Waals surface area contributed by atoms with E-state index in [1.54, 1.807) is 19.2 Å². The average molecular weight is 181 g/mol. The molecule has 1 amide bonds. The fourth-order valence-electron chi connectivity index (χ4n) is 0.858. The van der Waals surface area contributed by atoms with Crippen LogP contribution in [-0.2, 0) is 4.79 Å². The van der Waals surface area contributed by atoms with Gasteiger partial charge in [0, 0.05) is 11.8 Å². The molecule has 0 aromatic rings. The first-order valence-electron chi connectivity index (χ1n) is 4.92. The van der Waals surface area contributed by atoms with E-state index in [1.165, 1.54) is 12.8 Å². The molecule has 0 aromatic heterocycles. The third-order valence-electron chi connectivity index (χ3n) is 1.92. The Balaban J connectivity index is 3.66. The highest BCUT2D eigenvalue weighted by atomic mass is 16.1. The van der Waals surface area contributed by atoms with E-state index in [2.05, 4.69) is 11.9 Å². The van der Waals surface area contributed by atoms with Gasteiger partial charge in [-0.05, 0) is 26.7 Å². The van der Waals surface area contributed by atoms with Gasteiger partial charge in [0.05, 0.1) is 0 Å². The summed E-state index contributed by atoms with van der Waals surface area (Å²) in [5, 5.41) is 0. The molecule has 0 aliphatic heterocycles. The van der Waals surface area contributed by atoms with Gasteiger partial charge in [-0.15, -0.1) is 0 Å². The molecule has 0 heterocycles. The largest absolute Gasteiger partial charge is 0.271 e. The van der Waals surface area contributed by atoms with E-state index in [9.17, 15) is 4.79 Å². The van der Waals surface area contributed by atoms with Gasteiger partial charge in [-0.1, -0.05) is 25.8 Å². The number of hydrogen-bond acceptors (Lipinski definition) is 1. The monoisotopic (exact) mass is 181 g/mol. The van der Waals surface area contributed by atoms with E-state index < -0.39 is 0 Å². The zero-order chi connectivity index (χ0) is 10.1.